The van der Waals surface area contributed by atoms with Crippen molar-refractivity contribution in [1.29, 1.82) is 0 Å². The van der Waals surface area contributed by atoms with Crippen molar-refractivity contribution in [2.45, 2.75) is 20.0 Å². The van der Waals surface area contributed by atoms with Gasteiger partial charge in [-0.2, -0.15) is 5.10 Å². The van der Waals surface area contributed by atoms with Gasteiger partial charge in [-0.15, -0.1) is 0 Å². The number of hydrogen-bond acceptors (Lipinski definition) is 6. The van der Waals surface area contributed by atoms with Gasteiger partial charge in [-0.05, 0) is 18.1 Å². The number of hydrogen-bond donors (Lipinski definition) is 2. The number of aromatic nitrogens is 4. The minimum atomic E-state index is -0.604. The highest BCUT2D eigenvalue weighted by atomic mass is 16.5. The molecule has 2 heterocycles. The summed E-state index contributed by atoms with van der Waals surface area (Å²) in [6, 6.07) is 9.81. The van der Waals surface area contributed by atoms with E-state index in [0.717, 1.165) is 11.1 Å². The average Bonchev–Trinajstić information content (AvgIpc) is 3.05. The number of anilines is 1. The van der Waals surface area contributed by atoms with Gasteiger partial charge in [-0.25, -0.2) is 14.6 Å². The van der Waals surface area contributed by atoms with Gasteiger partial charge in [0.15, 0.2) is 5.65 Å². The number of fused-ring (bicyclic) bond motifs is 1. The highest BCUT2D eigenvalue weighted by molar-refractivity contribution is 5.87. The van der Waals surface area contributed by atoms with Gasteiger partial charge in [0.2, 0.25) is 0 Å². The molecule has 3 aromatic rings. The molecule has 3 rings (SSSR count). The molecule has 0 fully saturated rings. The van der Waals surface area contributed by atoms with Gasteiger partial charge in [-0.1, -0.05) is 32.0 Å². The Morgan fingerprint density at radius 2 is 1.96 bits per heavy atom. The first-order valence-corrected chi connectivity index (χ1v) is 8.39. The molecule has 7 heteroatoms. The van der Waals surface area contributed by atoms with Gasteiger partial charge in [0.25, 0.3) is 0 Å². The van der Waals surface area contributed by atoms with Crippen LogP contribution in [0.25, 0.3) is 16.7 Å². The van der Waals surface area contributed by atoms with Crippen LogP contribution < -0.4 is 5.32 Å². The van der Waals surface area contributed by atoms with Crippen LogP contribution >= 0.6 is 0 Å². The van der Waals surface area contributed by atoms with Gasteiger partial charge >= 0.3 is 0 Å². The van der Waals surface area contributed by atoms with Crippen molar-refractivity contribution in [2.75, 3.05) is 25.1 Å². The van der Waals surface area contributed by atoms with Crippen LogP contribution in [0, 0.1) is 5.92 Å². The first-order valence-electron chi connectivity index (χ1n) is 8.39. The van der Waals surface area contributed by atoms with Gasteiger partial charge in [-0.3, -0.25) is 0 Å². The largest absolute Gasteiger partial charge is 0.389 e. The second-order valence-corrected chi connectivity index (χ2v) is 6.32. The van der Waals surface area contributed by atoms with Crippen LogP contribution in [0.1, 0.15) is 13.8 Å². The molecule has 2 N–H and O–H groups in total. The molecule has 0 saturated carbocycles. The molecule has 1 unspecified atom stereocenters. The Bertz CT molecular complexity index is 804. The highest BCUT2D eigenvalue weighted by Gasteiger charge is 2.12. The van der Waals surface area contributed by atoms with Crippen molar-refractivity contribution in [1.82, 2.24) is 19.7 Å². The molecular formula is C18H23N5O2. The van der Waals surface area contributed by atoms with E-state index < -0.39 is 6.10 Å². The summed E-state index contributed by atoms with van der Waals surface area (Å²) in [7, 11) is 0. The molecule has 0 amide bonds. The van der Waals surface area contributed by atoms with E-state index in [4.69, 9.17) is 4.74 Å². The summed E-state index contributed by atoms with van der Waals surface area (Å²) in [5, 5.41) is 18.4. The Morgan fingerprint density at radius 1 is 1.16 bits per heavy atom. The predicted molar refractivity (Wildman–Crippen MR) is 96.8 cm³/mol. The lowest BCUT2D eigenvalue weighted by Gasteiger charge is -2.14. The predicted octanol–water partition coefficient (Wildman–Crippen LogP) is 2.26. The van der Waals surface area contributed by atoms with Crippen molar-refractivity contribution in [3.63, 3.8) is 0 Å². The number of benzene rings is 1. The van der Waals surface area contributed by atoms with Crippen molar-refractivity contribution < 1.29 is 9.84 Å². The van der Waals surface area contributed by atoms with Crippen molar-refractivity contribution in [3.05, 3.63) is 42.9 Å². The van der Waals surface area contributed by atoms with E-state index in [0.29, 0.717) is 37.1 Å². The summed E-state index contributed by atoms with van der Waals surface area (Å²) in [6.45, 7) is 5.43. The molecule has 0 bridgehead atoms. The maximum atomic E-state index is 10.0. The number of rotatable bonds is 8. The van der Waals surface area contributed by atoms with E-state index in [1.54, 1.807) is 10.9 Å². The van der Waals surface area contributed by atoms with Crippen LogP contribution in [0.2, 0.25) is 0 Å². The number of aliphatic hydroxyl groups excluding tert-OH is 1. The fourth-order valence-corrected chi connectivity index (χ4v) is 2.46. The minimum Gasteiger partial charge on any atom is -0.389 e. The summed E-state index contributed by atoms with van der Waals surface area (Å²) >= 11 is 0. The van der Waals surface area contributed by atoms with Gasteiger partial charge in [0.05, 0.1) is 30.0 Å². The molecule has 25 heavy (non-hydrogen) atoms. The maximum absolute atomic E-state index is 10.0. The normalized spacial score (nSPS) is 12.6. The SMILES string of the molecule is CC(C)COCC(O)CNc1ncnc2c1cnn2-c1ccccc1. The fraction of sp³-hybridized carbons (Fsp3) is 0.389. The van der Waals surface area contributed by atoms with Gasteiger partial charge in [0.1, 0.15) is 12.1 Å². The molecule has 2 aromatic heterocycles. The first kappa shape index (κ1) is 17.3. The number of nitrogens with one attached hydrogen (secondary N) is 1. The smallest absolute Gasteiger partial charge is 0.168 e. The molecule has 0 aliphatic heterocycles. The van der Waals surface area contributed by atoms with Crippen molar-refractivity contribution in [2.24, 2.45) is 5.92 Å². The Balaban J connectivity index is 1.70. The Labute approximate surface area is 146 Å². The van der Waals surface area contributed by atoms with Crippen LogP contribution in [-0.4, -0.2) is 50.7 Å². The molecular weight excluding hydrogens is 318 g/mol. The summed E-state index contributed by atoms with van der Waals surface area (Å²) < 4.78 is 7.22. The van der Waals surface area contributed by atoms with E-state index in [1.165, 1.54) is 6.33 Å². The maximum Gasteiger partial charge on any atom is 0.168 e. The van der Waals surface area contributed by atoms with Crippen LogP contribution in [0.3, 0.4) is 0 Å². The number of ether oxygens (including phenoxy) is 1. The lowest BCUT2D eigenvalue weighted by Crippen LogP contribution is -2.26. The fourth-order valence-electron chi connectivity index (χ4n) is 2.46. The third kappa shape index (κ3) is 4.32. The van der Waals surface area contributed by atoms with Crippen LogP contribution in [0.15, 0.2) is 42.9 Å². The van der Waals surface area contributed by atoms with Crippen LogP contribution in [-0.2, 0) is 4.74 Å². The van der Waals surface area contributed by atoms with E-state index >= 15 is 0 Å². The molecule has 7 nitrogen and oxygen atoms in total. The Hall–Kier alpha value is -2.51. The van der Waals surface area contributed by atoms with Crippen LogP contribution in [0.4, 0.5) is 5.82 Å². The minimum absolute atomic E-state index is 0.294. The quantitative estimate of drug-likeness (QED) is 0.654. The third-order valence-electron chi connectivity index (χ3n) is 3.63. The Kier molecular flexibility index (Phi) is 5.57. The topological polar surface area (TPSA) is 85.1 Å². The second-order valence-electron chi connectivity index (χ2n) is 6.32. The number of para-hydroxylation sites is 1. The molecule has 0 radical (unpaired) electrons. The lowest BCUT2D eigenvalue weighted by atomic mass is 10.2. The average molecular weight is 341 g/mol. The monoisotopic (exact) mass is 341 g/mol. The van der Waals surface area contributed by atoms with E-state index in [1.807, 2.05) is 30.3 Å². The molecule has 1 atom stereocenters. The van der Waals surface area contributed by atoms with Crippen LogP contribution in [0.5, 0.6) is 0 Å². The summed E-state index contributed by atoms with van der Waals surface area (Å²) in [5.41, 5.74) is 1.65. The van der Waals surface area contributed by atoms with E-state index in [-0.39, 0.29) is 0 Å². The zero-order valence-electron chi connectivity index (χ0n) is 14.5. The summed E-state index contributed by atoms with van der Waals surface area (Å²) in [5.74, 6) is 1.10. The van der Waals surface area contributed by atoms with Crippen molar-refractivity contribution in [3.8, 4) is 5.69 Å². The summed E-state index contributed by atoms with van der Waals surface area (Å²) in [4.78, 5) is 8.60. The van der Waals surface area contributed by atoms with E-state index in [2.05, 4.69) is 34.2 Å². The molecule has 1 aromatic carbocycles. The Morgan fingerprint density at radius 3 is 2.72 bits per heavy atom. The highest BCUT2D eigenvalue weighted by Crippen LogP contribution is 2.21. The number of aliphatic hydroxyl groups is 1. The molecule has 0 saturated heterocycles. The second kappa shape index (κ2) is 8.04. The first-order chi connectivity index (χ1) is 12.1. The molecule has 0 aliphatic carbocycles. The molecule has 0 spiro atoms. The van der Waals surface area contributed by atoms with Gasteiger partial charge < -0.3 is 15.2 Å². The number of nitrogens with zero attached hydrogens (tertiary/aromatic N) is 4. The lowest BCUT2D eigenvalue weighted by molar-refractivity contribution is 0.0317. The van der Waals surface area contributed by atoms with E-state index in [9.17, 15) is 5.11 Å². The van der Waals surface area contributed by atoms with Gasteiger partial charge in [0, 0.05) is 13.2 Å². The zero-order valence-corrected chi connectivity index (χ0v) is 14.5. The summed E-state index contributed by atoms with van der Waals surface area (Å²) in [6.07, 6.45) is 2.62. The zero-order chi connectivity index (χ0) is 17.6. The molecule has 132 valence electrons. The van der Waals surface area contributed by atoms with Crippen molar-refractivity contribution >= 4 is 16.9 Å². The standard InChI is InChI=1S/C18H23N5O2/c1-13(2)10-25-11-15(24)8-19-17-16-9-22-23(18(16)21-12-20-17)14-6-4-3-5-7-14/h3-7,9,12-13,15,24H,8,10-11H2,1-2H3,(H,19,20,21). The third-order valence-corrected chi connectivity index (χ3v) is 3.63. The molecule has 0 aliphatic rings.